The van der Waals surface area contributed by atoms with Crippen LogP contribution in [0, 0.1) is 0 Å². The minimum absolute atomic E-state index is 0.545. The predicted octanol–water partition coefficient (Wildman–Crippen LogP) is 1.74. The quantitative estimate of drug-likeness (QED) is 0.451. The van der Waals surface area contributed by atoms with Crippen LogP contribution in [0.5, 0.6) is 0 Å². The second-order valence-corrected chi connectivity index (χ2v) is 5.57. The van der Waals surface area contributed by atoms with E-state index in [1.807, 2.05) is 6.08 Å². The predicted molar refractivity (Wildman–Crippen MR) is 81.5 cm³/mol. The van der Waals surface area contributed by atoms with Gasteiger partial charge in [0.25, 0.3) is 0 Å². The van der Waals surface area contributed by atoms with E-state index in [2.05, 4.69) is 34.0 Å². The number of nitrogens with one attached hydrogen (secondary N) is 2. The van der Waals surface area contributed by atoms with Crippen molar-refractivity contribution in [1.82, 2.24) is 15.5 Å². The van der Waals surface area contributed by atoms with Crippen molar-refractivity contribution in [1.29, 1.82) is 0 Å². The highest BCUT2D eigenvalue weighted by molar-refractivity contribution is 5.80. The van der Waals surface area contributed by atoms with E-state index in [0.717, 1.165) is 18.5 Å². The van der Waals surface area contributed by atoms with Gasteiger partial charge in [-0.1, -0.05) is 18.9 Å². The second kappa shape index (κ2) is 7.53. The summed E-state index contributed by atoms with van der Waals surface area (Å²) >= 11 is 0. The highest BCUT2D eigenvalue weighted by atomic mass is 15.3. The molecule has 2 rings (SSSR count). The van der Waals surface area contributed by atoms with Gasteiger partial charge < -0.3 is 10.6 Å². The maximum atomic E-state index is 4.48. The van der Waals surface area contributed by atoms with E-state index in [-0.39, 0.29) is 0 Å². The molecule has 0 aromatic carbocycles. The molecule has 1 unspecified atom stereocenters. The zero-order valence-electron chi connectivity index (χ0n) is 12.2. The lowest BCUT2D eigenvalue weighted by molar-refractivity contribution is 0.242. The Morgan fingerprint density at radius 3 is 2.84 bits per heavy atom. The van der Waals surface area contributed by atoms with Crippen LogP contribution in [0.25, 0.3) is 0 Å². The van der Waals surface area contributed by atoms with E-state index >= 15 is 0 Å². The Morgan fingerprint density at radius 1 is 1.37 bits per heavy atom. The molecule has 1 aliphatic heterocycles. The Labute approximate surface area is 117 Å². The first-order valence-electron chi connectivity index (χ1n) is 7.73. The summed E-state index contributed by atoms with van der Waals surface area (Å²) < 4.78 is 0. The molecule has 0 bridgehead atoms. The molecule has 1 saturated heterocycles. The normalized spacial score (nSPS) is 25.7. The van der Waals surface area contributed by atoms with Crippen molar-refractivity contribution in [2.24, 2.45) is 4.99 Å². The van der Waals surface area contributed by atoms with Gasteiger partial charge in [0.2, 0.25) is 0 Å². The third kappa shape index (κ3) is 4.23. The molecule has 0 spiro atoms. The SMILES string of the molecule is C=CCN=C(NCC)NC1CCN(C2CCCC2)C1. The van der Waals surface area contributed by atoms with Gasteiger partial charge in [-0.15, -0.1) is 6.58 Å². The van der Waals surface area contributed by atoms with Crippen LogP contribution in [0.3, 0.4) is 0 Å². The molecular formula is C15H28N4. The minimum Gasteiger partial charge on any atom is -0.357 e. The molecule has 2 aliphatic rings. The van der Waals surface area contributed by atoms with E-state index in [1.165, 1.54) is 45.2 Å². The van der Waals surface area contributed by atoms with Crippen molar-refractivity contribution in [3.8, 4) is 0 Å². The molecule has 0 aromatic rings. The van der Waals surface area contributed by atoms with Gasteiger partial charge in [-0.25, -0.2) is 4.99 Å². The van der Waals surface area contributed by atoms with Crippen LogP contribution in [0.1, 0.15) is 39.0 Å². The third-order valence-corrected chi connectivity index (χ3v) is 4.12. The topological polar surface area (TPSA) is 39.7 Å². The molecule has 19 heavy (non-hydrogen) atoms. The number of nitrogens with zero attached hydrogens (tertiary/aromatic N) is 2. The van der Waals surface area contributed by atoms with Crippen LogP contribution in [0.2, 0.25) is 0 Å². The maximum absolute atomic E-state index is 4.48. The fourth-order valence-corrected chi connectivity index (χ4v) is 3.18. The highest BCUT2D eigenvalue weighted by Gasteiger charge is 2.30. The van der Waals surface area contributed by atoms with Gasteiger partial charge in [0.05, 0.1) is 6.54 Å². The summed E-state index contributed by atoms with van der Waals surface area (Å²) in [6.07, 6.45) is 8.70. The first-order valence-corrected chi connectivity index (χ1v) is 7.73. The average molecular weight is 264 g/mol. The van der Waals surface area contributed by atoms with Crippen LogP contribution >= 0.6 is 0 Å². The van der Waals surface area contributed by atoms with E-state index in [9.17, 15) is 0 Å². The van der Waals surface area contributed by atoms with Crippen LogP contribution in [-0.2, 0) is 0 Å². The number of guanidine groups is 1. The van der Waals surface area contributed by atoms with Crippen LogP contribution < -0.4 is 10.6 Å². The number of likely N-dealkylation sites (tertiary alicyclic amines) is 1. The summed E-state index contributed by atoms with van der Waals surface area (Å²) in [5.74, 6) is 0.931. The molecule has 1 heterocycles. The second-order valence-electron chi connectivity index (χ2n) is 5.57. The van der Waals surface area contributed by atoms with Crippen molar-refractivity contribution in [3.63, 3.8) is 0 Å². The third-order valence-electron chi connectivity index (χ3n) is 4.12. The van der Waals surface area contributed by atoms with Crippen LogP contribution in [-0.4, -0.2) is 49.1 Å². The Balaban J connectivity index is 1.80. The van der Waals surface area contributed by atoms with E-state index in [4.69, 9.17) is 0 Å². The summed E-state index contributed by atoms with van der Waals surface area (Å²) in [4.78, 5) is 7.14. The number of hydrogen-bond acceptors (Lipinski definition) is 2. The van der Waals surface area contributed by atoms with Gasteiger partial charge in [-0.3, -0.25) is 4.90 Å². The van der Waals surface area contributed by atoms with Crippen LogP contribution in [0.4, 0.5) is 0 Å². The number of aliphatic imine (C=N–C) groups is 1. The van der Waals surface area contributed by atoms with E-state index in [1.54, 1.807) is 0 Å². The Morgan fingerprint density at radius 2 is 2.16 bits per heavy atom. The molecule has 0 aromatic heterocycles. The van der Waals surface area contributed by atoms with Crippen molar-refractivity contribution >= 4 is 5.96 Å². The maximum Gasteiger partial charge on any atom is 0.191 e. The van der Waals surface area contributed by atoms with Crippen molar-refractivity contribution < 1.29 is 0 Å². The molecule has 0 radical (unpaired) electrons. The lowest BCUT2D eigenvalue weighted by atomic mass is 10.2. The van der Waals surface area contributed by atoms with E-state index in [0.29, 0.717) is 12.6 Å². The first kappa shape index (κ1) is 14.4. The lowest BCUT2D eigenvalue weighted by Gasteiger charge is -2.24. The molecule has 2 N–H and O–H groups in total. The standard InChI is InChI=1S/C15H28N4/c1-3-10-17-15(16-4-2)18-13-9-11-19(12-13)14-7-5-6-8-14/h3,13-14H,1,4-12H2,2H3,(H2,16,17,18). The molecule has 108 valence electrons. The van der Waals surface area contributed by atoms with Crippen LogP contribution in [0.15, 0.2) is 17.6 Å². The fourth-order valence-electron chi connectivity index (χ4n) is 3.18. The zero-order chi connectivity index (χ0) is 13.5. The molecule has 1 saturated carbocycles. The van der Waals surface area contributed by atoms with Crippen molar-refractivity contribution in [2.45, 2.75) is 51.1 Å². The van der Waals surface area contributed by atoms with Gasteiger partial charge in [0.1, 0.15) is 0 Å². The minimum atomic E-state index is 0.545. The first-order chi connectivity index (χ1) is 9.33. The number of rotatable bonds is 5. The summed E-state index contributed by atoms with van der Waals surface area (Å²) in [5, 5.41) is 6.86. The van der Waals surface area contributed by atoms with Gasteiger partial charge in [0, 0.05) is 31.7 Å². The molecule has 4 heteroatoms. The van der Waals surface area contributed by atoms with Gasteiger partial charge in [-0.05, 0) is 26.2 Å². The zero-order valence-corrected chi connectivity index (χ0v) is 12.2. The lowest BCUT2D eigenvalue weighted by Crippen LogP contribution is -2.45. The molecule has 4 nitrogen and oxygen atoms in total. The summed E-state index contributed by atoms with van der Waals surface area (Å²) in [6.45, 7) is 9.81. The Bertz CT molecular complexity index is 307. The molecular weight excluding hydrogens is 236 g/mol. The molecule has 1 aliphatic carbocycles. The summed E-state index contributed by atoms with van der Waals surface area (Å²) in [6, 6.07) is 1.39. The summed E-state index contributed by atoms with van der Waals surface area (Å²) in [7, 11) is 0. The highest BCUT2D eigenvalue weighted by Crippen LogP contribution is 2.26. The molecule has 0 amide bonds. The smallest absolute Gasteiger partial charge is 0.191 e. The number of hydrogen-bond donors (Lipinski definition) is 2. The fraction of sp³-hybridized carbons (Fsp3) is 0.800. The van der Waals surface area contributed by atoms with Gasteiger partial charge in [0.15, 0.2) is 5.96 Å². The largest absolute Gasteiger partial charge is 0.357 e. The summed E-state index contributed by atoms with van der Waals surface area (Å²) in [5.41, 5.74) is 0. The Kier molecular flexibility index (Phi) is 5.70. The van der Waals surface area contributed by atoms with Crippen molar-refractivity contribution in [2.75, 3.05) is 26.2 Å². The average Bonchev–Trinajstić information content (AvgIpc) is 3.06. The van der Waals surface area contributed by atoms with Crippen molar-refractivity contribution in [3.05, 3.63) is 12.7 Å². The molecule has 1 atom stereocenters. The van der Waals surface area contributed by atoms with Gasteiger partial charge >= 0.3 is 0 Å². The Hall–Kier alpha value is -1.03. The van der Waals surface area contributed by atoms with Gasteiger partial charge in [-0.2, -0.15) is 0 Å². The monoisotopic (exact) mass is 264 g/mol. The van der Waals surface area contributed by atoms with E-state index < -0.39 is 0 Å². The molecule has 2 fully saturated rings.